The van der Waals surface area contributed by atoms with Crippen LogP contribution in [0.3, 0.4) is 0 Å². The van der Waals surface area contributed by atoms with E-state index in [0.29, 0.717) is 24.7 Å². The molecule has 0 heterocycles. The van der Waals surface area contributed by atoms with Crippen molar-refractivity contribution in [2.24, 2.45) is 0 Å². The zero-order valence-electron chi connectivity index (χ0n) is 13.0. The van der Waals surface area contributed by atoms with E-state index in [1.165, 1.54) is 0 Å². The Morgan fingerprint density at radius 3 is 2.62 bits per heavy atom. The summed E-state index contributed by atoms with van der Waals surface area (Å²) in [4.78, 5) is 2.10. The molecule has 5 nitrogen and oxygen atoms in total. The summed E-state index contributed by atoms with van der Waals surface area (Å²) in [6.45, 7) is 6.60. The first-order chi connectivity index (χ1) is 9.69. The third-order valence-electron chi connectivity index (χ3n) is 3.68. The fraction of sp³-hybridized carbons (Fsp3) is 0.571. The molecule has 1 aromatic rings. The molecule has 120 valence electrons. The topological polar surface area (TPSA) is 75.4 Å². The summed E-state index contributed by atoms with van der Waals surface area (Å²) in [6.07, 6.45) is 0.997. The number of nitrogens with two attached hydrogens (primary N) is 1. The van der Waals surface area contributed by atoms with Crippen LogP contribution in [-0.2, 0) is 10.0 Å². The number of halogens is 1. The van der Waals surface area contributed by atoms with Crippen molar-refractivity contribution < 1.29 is 12.8 Å². The molecule has 0 radical (unpaired) electrons. The second-order valence-corrected chi connectivity index (χ2v) is 7.01. The predicted octanol–water partition coefficient (Wildman–Crippen LogP) is 1.72. The molecular weight excluding hydrogens is 293 g/mol. The first-order valence-electron chi connectivity index (χ1n) is 6.94. The summed E-state index contributed by atoms with van der Waals surface area (Å²) >= 11 is 0. The van der Waals surface area contributed by atoms with Crippen molar-refractivity contribution in [3.8, 4) is 0 Å². The number of hydrogen-bond acceptors (Lipinski definition) is 4. The molecule has 0 aliphatic rings. The number of benzene rings is 1. The van der Waals surface area contributed by atoms with Gasteiger partial charge < -0.3 is 10.6 Å². The minimum atomic E-state index is -3.68. The van der Waals surface area contributed by atoms with Gasteiger partial charge >= 0.3 is 0 Å². The van der Waals surface area contributed by atoms with E-state index >= 15 is 0 Å². The largest absolute Gasteiger partial charge is 0.396 e. The molecular formula is C14H24FN3O2S. The lowest BCUT2D eigenvalue weighted by Gasteiger charge is -2.23. The molecule has 0 saturated carbocycles. The lowest BCUT2D eigenvalue weighted by molar-refractivity contribution is 0.256. The Morgan fingerprint density at radius 2 is 2.05 bits per heavy atom. The molecule has 0 aliphatic heterocycles. The van der Waals surface area contributed by atoms with Gasteiger partial charge in [-0.05, 0) is 45.0 Å². The van der Waals surface area contributed by atoms with Crippen LogP contribution in [0.5, 0.6) is 0 Å². The van der Waals surface area contributed by atoms with Crippen molar-refractivity contribution in [1.29, 1.82) is 0 Å². The highest BCUT2D eigenvalue weighted by atomic mass is 32.2. The van der Waals surface area contributed by atoms with Crippen molar-refractivity contribution in [3.63, 3.8) is 0 Å². The summed E-state index contributed by atoms with van der Waals surface area (Å²) in [7, 11) is -1.73. The van der Waals surface area contributed by atoms with Crippen LogP contribution in [0.4, 0.5) is 10.1 Å². The molecule has 0 aromatic heterocycles. The van der Waals surface area contributed by atoms with Gasteiger partial charge in [0.15, 0.2) is 0 Å². The number of hydrogen-bond donors (Lipinski definition) is 2. The molecule has 0 fully saturated rings. The van der Waals surface area contributed by atoms with Gasteiger partial charge in [-0.3, -0.25) is 0 Å². The molecule has 1 aromatic carbocycles. The Kier molecular flexibility index (Phi) is 6.12. The number of anilines is 1. The van der Waals surface area contributed by atoms with Gasteiger partial charge in [0.25, 0.3) is 0 Å². The molecule has 1 rings (SSSR count). The highest BCUT2D eigenvalue weighted by Gasteiger charge is 2.19. The standard InChI is InChI=1S/C14H24FN3O2S/c1-5-11(3)18(4)7-6-17-21(19,20)14-9-13(16)12(15)8-10(14)2/h8-9,11,17H,5-7,16H2,1-4H3. The number of nitrogen functional groups attached to an aromatic ring is 1. The van der Waals surface area contributed by atoms with Gasteiger partial charge in [-0.2, -0.15) is 0 Å². The third-order valence-corrected chi connectivity index (χ3v) is 5.29. The lowest BCUT2D eigenvalue weighted by atomic mass is 10.2. The maximum Gasteiger partial charge on any atom is 0.240 e. The summed E-state index contributed by atoms with van der Waals surface area (Å²) < 4.78 is 40.3. The molecule has 21 heavy (non-hydrogen) atoms. The molecule has 0 amide bonds. The van der Waals surface area contributed by atoms with E-state index in [2.05, 4.69) is 23.5 Å². The van der Waals surface area contributed by atoms with Crippen LogP contribution in [0, 0.1) is 12.7 Å². The van der Waals surface area contributed by atoms with Gasteiger partial charge in [-0.15, -0.1) is 0 Å². The monoisotopic (exact) mass is 317 g/mol. The fourth-order valence-electron chi connectivity index (χ4n) is 1.92. The maximum absolute atomic E-state index is 13.3. The SMILES string of the molecule is CCC(C)N(C)CCNS(=O)(=O)c1cc(N)c(F)cc1C. The third kappa shape index (κ3) is 4.66. The van der Waals surface area contributed by atoms with Crippen LogP contribution in [0.1, 0.15) is 25.8 Å². The Balaban J connectivity index is 2.77. The zero-order valence-corrected chi connectivity index (χ0v) is 13.8. The molecule has 1 atom stereocenters. The van der Waals surface area contributed by atoms with Crippen molar-refractivity contribution >= 4 is 15.7 Å². The fourth-order valence-corrected chi connectivity index (χ4v) is 3.20. The van der Waals surface area contributed by atoms with Crippen molar-refractivity contribution in [1.82, 2.24) is 9.62 Å². The summed E-state index contributed by atoms with van der Waals surface area (Å²) in [5.41, 5.74) is 5.61. The molecule has 0 saturated heterocycles. The minimum Gasteiger partial charge on any atom is -0.396 e. The number of sulfonamides is 1. The average molecular weight is 317 g/mol. The van der Waals surface area contributed by atoms with Crippen LogP contribution >= 0.6 is 0 Å². The second-order valence-electron chi connectivity index (χ2n) is 5.27. The number of nitrogens with one attached hydrogen (secondary N) is 1. The first kappa shape index (κ1) is 17.9. The molecule has 3 N–H and O–H groups in total. The van der Waals surface area contributed by atoms with E-state index < -0.39 is 15.8 Å². The highest BCUT2D eigenvalue weighted by Crippen LogP contribution is 2.21. The normalized spacial score (nSPS) is 13.6. The Bertz CT molecular complexity index is 590. The highest BCUT2D eigenvalue weighted by molar-refractivity contribution is 7.89. The Hall–Kier alpha value is -1.18. The predicted molar refractivity (Wildman–Crippen MR) is 83.1 cm³/mol. The van der Waals surface area contributed by atoms with Gasteiger partial charge in [-0.25, -0.2) is 17.5 Å². The van der Waals surface area contributed by atoms with E-state index in [-0.39, 0.29) is 10.6 Å². The van der Waals surface area contributed by atoms with Crippen molar-refractivity contribution in [3.05, 3.63) is 23.5 Å². The van der Waals surface area contributed by atoms with Gasteiger partial charge in [0, 0.05) is 19.1 Å². The second kappa shape index (κ2) is 7.20. The van der Waals surface area contributed by atoms with Gasteiger partial charge in [0.1, 0.15) is 5.82 Å². The molecule has 1 unspecified atom stereocenters. The number of rotatable bonds is 7. The van der Waals surface area contributed by atoms with Gasteiger partial charge in [-0.1, -0.05) is 6.92 Å². The first-order valence-corrected chi connectivity index (χ1v) is 8.43. The van der Waals surface area contributed by atoms with E-state index in [4.69, 9.17) is 5.73 Å². The average Bonchev–Trinajstić information content (AvgIpc) is 2.41. The lowest BCUT2D eigenvalue weighted by Crippen LogP contribution is -2.37. The van der Waals surface area contributed by atoms with E-state index in [0.717, 1.165) is 18.6 Å². The minimum absolute atomic E-state index is 0.0209. The van der Waals surface area contributed by atoms with Crippen LogP contribution < -0.4 is 10.5 Å². The van der Waals surface area contributed by atoms with E-state index in [9.17, 15) is 12.8 Å². The molecule has 0 bridgehead atoms. The number of nitrogens with zero attached hydrogens (tertiary/aromatic N) is 1. The number of likely N-dealkylation sites (N-methyl/N-ethyl adjacent to an activating group) is 1. The maximum atomic E-state index is 13.3. The van der Waals surface area contributed by atoms with Crippen molar-refractivity contribution in [2.45, 2.75) is 38.1 Å². The van der Waals surface area contributed by atoms with Crippen LogP contribution in [0.25, 0.3) is 0 Å². The summed E-state index contributed by atoms with van der Waals surface area (Å²) in [5.74, 6) is -0.608. The van der Waals surface area contributed by atoms with Gasteiger partial charge in [0.05, 0.1) is 10.6 Å². The quantitative estimate of drug-likeness (QED) is 0.751. The Labute approximate surface area is 126 Å². The summed E-state index contributed by atoms with van der Waals surface area (Å²) in [6, 6.07) is 2.68. The molecule has 0 spiro atoms. The van der Waals surface area contributed by atoms with Crippen LogP contribution in [0.2, 0.25) is 0 Å². The van der Waals surface area contributed by atoms with E-state index in [1.807, 2.05) is 7.05 Å². The van der Waals surface area contributed by atoms with Crippen molar-refractivity contribution in [2.75, 3.05) is 25.9 Å². The smallest absolute Gasteiger partial charge is 0.240 e. The molecule has 7 heteroatoms. The zero-order chi connectivity index (χ0) is 16.2. The van der Waals surface area contributed by atoms with E-state index in [1.54, 1.807) is 6.92 Å². The van der Waals surface area contributed by atoms with Crippen LogP contribution in [-0.4, -0.2) is 39.5 Å². The van der Waals surface area contributed by atoms with Gasteiger partial charge in [0.2, 0.25) is 10.0 Å². The summed E-state index contributed by atoms with van der Waals surface area (Å²) in [5, 5.41) is 0. The van der Waals surface area contributed by atoms with Crippen LogP contribution in [0.15, 0.2) is 17.0 Å². The number of aryl methyl sites for hydroxylation is 1. The Morgan fingerprint density at radius 1 is 1.43 bits per heavy atom. The molecule has 0 aliphatic carbocycles.